The van der Waals surface area contributed by atoms with Crippen LogP contribution in [0.2, 0.25) is 0 Å². The number of ether oxygens (including phenoxy) is 1. The van der Waals surface area contributed by atoms with E-state index in [-0.39, 0.29) is 57.4 Å². The third-order valence-corrected chi connectivity index (χ3v) is 2.88. The molecule has 0 rings (SSSR count). The Morgan fingerprint density at radius 3 is 2.24 bits per heavy atom. The Hall–Kier alpha value is -2.49. The normalized spacial score (nSPS) is 11.2. The van der Waals surface area contributed by atoms with Crippen LogP contribution in [-0.2, 0) is 28.7 Å². The molecule has 10 heteroatoms. The van der Waals surface area contributed by atoms with Gasteiger partial charge < -0.3 is 30.6 Å². The van der Waals surface area contributed by atoms with Crippen LogP contribution in [0.3, 0.4) is 0 Å². The Morgan fingerprint density at radius 2 is 1.64 bits per heavy atom. The molecule has 0 radical (unpaired) electrons. The molecule has 0 bridgehead atoms. The molecule has 0 fully saturated rings. The molecule has 25 heavy (non-hydrogen) atoms. The van der Waals surface area contributed by atoms with Gasteiger partial charge >= 0.3 is 5.97 Å². The van der Waals surface area contributed by atoms with E-state index in [4.69, 9.17) is 9.84 Å². The molecule has 1 unspecified atom stereocenters. The number of carboxylic acid groups (broad SMARTS) is 1. The summed E-state index contributed by atoms with van der Waals surface area (Å²) in [4.78, 5) is 54.9. The third-order valence-electron chi connectivity index (χ3n) is 2.88. The van der Waals surface area contributed by atoms with Crippen molar-refractivity contribution in [3.05, 3.63) is 0 Å². The van der Waals surface area contributed by atoms with Crippen molar-refractivity contribution in [1.29, 1.82) is 0 Å². The van der Waals surface area contributed by atoms with Gasteiger partial charge in [-0.05, 0) is 13.3 Å². The summed E-state index contributed by atoms with van der Waals surface area (Å²) in [6.07, 6.45) is 1.06. The molecular weight excluding hydrogens is 334 g/mol. The van der Waals surface area contributed by atoms with Gasteiger partial charge in [-0.25, -0.2) is 0 Å². The van der Waals surface area contributed by atoms with Gasteiger partial charge in [0, 0.05) is 19.4 Å². The Balaban J connectivity index is 3.60. The minimum Gasteiger partial charge on any atom is -0.481 e. The molecule has 0 saturated carbocycles. The van der Waals surface area contributed by atoms with E-state index in [1.807, 2.05) is 0 Å². The van der Waals surface area contributed by atoms with Crippen LogP contribution in [0.1, 0.15) is 32.6 Å². The van der Waals surface area contributed by atoms with E-state index in [0.29, 0.717) is 12.7 Å². The molecule has 0 heterocycles. The van der Waals surface area contributed by atoms with Crippen LogP contribution in [0.25, 0.3) is 0 Å². The van der Waals surface area contributed by atoms with E-state index >= 15 is 0 Å². The molecule has 0 aliphatic rings. The van der Waals surface area contributed by atoms with Crippen molar-refractivity contribution in [2.24, 2.45) is 0 Å². The fourth-order valence-electron chi connectivity index (χ4n) is 1.63. The molecule has 0 aromatic rings. The summed E-state index contributed by atoms with van der Waals surface area (Å²) in [6, 6.07) is -0.610. The summed E-state index contributed by atoms with van der Waals surface area (Å²) in [5, 5.41) is 15.7. The van der Waals surface area contributed by atoms with Gasteiger partial charge in [-0.15, -0.1) is 0 Å². The van der Waals surface area contributed by atoms with E-state index in [1.165, 1.54) is 6.92 Å². The predicted molar refractivity (Wildman–Crippen MR) is 86.6 cm³/mol. The number of carboxylic acids is 1. The van der Waals surface area contributed by atoms with E-state index in [2.05, 4.69) is 16.0 Å². The third kappa shape index (κ3) is 14.8. The molecule has 0 aromatic carbocycles. The molecule has 0 saturated heterocycles. The average molecular weight is 359 g/mol. The summed E-state index contributed by atoms with van der Waals surface area (Å²) < 4.78 is 5.01. The van der Waals surface area contributed by atoms with Crippen LogP contribution in [-0.4, -0.2) is 67.4 Å². The maximum Gasteiger partial charge on any atom is 0.305 e. The Kier molecular flexibility index (Phi) is 12.5. The van der Waals surface area contributed by atoms with Crippen molar-refractivity contribution < 1.29 is 33.8 Å². The highest BCUT2D eigenvalue weighted by molar-refractivity contribution is 5.86. The van der Waals surface area contributed by atoms with Gasteiger partial charge in [-0.3, -0.25) is 19.2 Å². The highest BCUT2D eigenvalue weighted by atomic mass is 16.5. The number of hydrogen-bond donors (Lipinski definition) is 4. The minimum absolute atomic E-state index is 0.0879. The molecule has 1 atom stereocenters. The number of aliphatic carboxylic acids is 1. The van der Waals surface area contributed by atoms with Gasteiger partial charge in [-0.1, -0.05) is 0 Å². The SMILES string of the molecule is CC(C=O)NC(=O)CNC(=O)CCCC(=O)NCCOCCC(=O)O. The predicted octanol–water partition coefficient (Wildman–Crippen LogP) is -1.42. The zero-order chi connectivity index (χ0) is 19.1. The van der Waals surface area contributed by atoms with Crippen LogP contribution in [0.4, 0.5) is 0 Å². The second-order valence-electron chi connectivity index (χ2n) is 5.23. The van der Waals surface area contributed by atoms with Gasteiger partial charge in [0.1, 0.15) is 6.29 Å². The number of aldehydes is 1. The lowest BCUT2D eigenvalue weighted by atomic mass is 10.2. The standard InChI is InChI=1S/C15H25N3O7/c1-11(10-19)18-14(22)9-17-13(21)4-2-3-12(20)16-6-8-25-7-5-15(23)24/h10-11H,2-9H2,1H3,(H,16,20)(H,17,21)(H,18,22)(H,23,24). The maximum absolute atomic E-state index is 11.5. The lowest BCUT2D eigenvalue weighted by Gasteiger charge is -2.08. The van der Waals surface area contributed by atoms with E-state index in [0.717, 1.165) is 0 Å². The van der Waals surface area contributed by atoms with Gasteiger partial charge in [0.05, 0.1) is 32.2 Å². The smallest absolute Gasteiger partial charge is 0.305 e. The lowest BCUT2D eigenvalue weighted by molar-refractivity contribution is -0.138. The monoisotopic (exact) mass is 359 g/mol. The van der Waals surface area contributed by atoms with Crippen LogP contribution >= 0.6 is 0 Å². The van der Waals surface area contributed by atoms with E-state index in [9.17, 15) is 24.0 Å². The number of carbonyl (C=O) groups excluding carboxylic acids is 4. The van der Waals surface area contributed by atoms with Crippen LogP contribution in [0, 0.1) is 0 Å². The van der Waals surface area contributed by atoms with Crippen molar-refractivity contribution in [1.82, 2.24) is 16.0 Å². The quantitative estimate of drug-likeness (QED) is 0.219. The Morgan fingerprint density at radius 1 is 1.00 bits per heavy atom. The zero-order valence-electron chi connectivity index (χ0n) is 14.2. The first-order valence-corrected chi connectivity index (χ1v) is 7.92. The van der Waals surface area contributed by atoms with E-state index < -0.39 is 17.9 Å². The highest BCUT2D eigenvalue weighted by Crippen LogP contribution is 1.95. The first-order valence-electron chi connectivity index (χ1n) is 7.92. The topological polar surface area (TPSA) is 151 Å². The number of nitrogens with one attached hydrogen (secondary N) is 3. The van der Waals surface area contributed by atoms with Crippen molar-refractivity contribution >= 4 is 30.0 Å². The number of rotatable bonds is 14. The summed E-state index contributed by atoms with van der Waals surface area (Å²) in [7, 11) is 0. The number of carbonyl (C=O) groups is 5. The van der Waals surface area contributed by atoms with Crippen molar-refractivity contribution in [3.63, 3.8) is 0 Å². The number of hydrogen-bond acceptors (Lipinski definition) is 6. The summed E-state index contributed by atoms with van der Waals surface area (Å²) >= 11 is 0. The summed E-state index contributed by atoms with van der Waals surface area (Å²) in [5.74, 6) is -2.02. The Bertz CT molecular complexity index is 468. The average Bonchev–Trinajstić information content (AvgIpc) is 2.55. The second-order valence-corrected chi connectivity index (χ2v) is 5.23. The molecule has 0 spiro atoms. The molecule has 0 aliphatic heterocycles. The lowest BCUT2D eigenvalue weighted by Crippen LogP contribution is -2.41. The fourth-order valence-corrected chi connectivity index (χ4v) is 1.63. The fraction of sp³-hybridized carbons (Fsp3) is 0.667. The first-order chi connectivity index (χ1) is 11.8. The van der Waals surface area contributed by atoms with Gasteiger partial charge in [-0.2, -0.15) is 0 Å². The largest absolute Gasteiger partial charge is 0.481 e. The van der Waals surface area contributed by atoms with E-state index in [1.54, 1.807) is 0 Å². The number of amides is 3. The van der Waals surface area contributed by atoms with Gasteiger partial charge in [0.15, 0.2) is 0 Å². The van der Waals surface area contributed by atoms with Crippen molar-refractivity contribution in [3.8, 4) is 0 Å². The van der Waals surface area contributed by atoms with Crippen LogP contribution in [0.5, 0.6) is 0 Å². The molecule has 4 N–H and O–H groups in total. The van der Waals surface area contributed by atoms with Gasteiger partial charge in [0.25, 0.3) is 0 Å². The second kappa shape index (κ2) is 13.9. The van der Waals surface area contributed by atoms with Crippen LogP contribution in [0.15, 0.2) is 0 Å². The van der Waals surface area contributed by atoms with Gasteiger partial charge in [0.2, 0.25) is 17.7 Å². The summed E-state index contributed by atoms with van der Waals surface area (Å²) in [5.41, 5.74) is 0. The minimum atomic E-state index is -0.946. The first kappa shape index (κ1) is 22.5. The van der Waals surface area contributed by atoms with Crippen molar-refractivity contribution in [2.45, 2.75) is 38.6 Å². The molecule has 3 amide bonds. The molecule has 0 aliphatic carbocycles. The van der Waals surface area contributed by atoms with Crippen molar-refractivity contribution in [2.75, 3.05) is 26.3 Å². The Labute approximate surface area is 145 Å². The molecule has 0 aromatic heterocycles. The maximum atomic E-state index is 11.5. The highest BCUT2D eigenvalue weighted by Gasteiger charge is 2.09. The summed E-state index contributed by atoms with van der Waals surface area (Å²) in [6.45, 7) is 1.86. The molecule has 142 valence electrons. The molecule has 10 nitrogen and oxygen atoms in total. The zero-order valence-corrected chi connectivity index (χ0v) is 14.2. The van der Waals surface area contributed by atoms with Crippen LogP contribution < -0.4 is 16.0 Å². The molecular formula is C15H25N3O7.